The van der Waals surface area contributed by atoms with Crippen molar-refractivity contribution in [3.63, 3.8) is 0 Å². The van der Waals surface area contributed by atoms with E-state index in [0.29, 0.717) is 0 Å². The number of allylic oxidation sites excluding steroid dienone is 5. The molecule has 0 rings (SSSR count). The summed E-state index contributed by atoms with van der Waals surface area (Å²) in [6.45, 7) is 2.27. The van der Waals surface area contributed by atoms with Crippen LogP contribution in [0, 0.1) is 0 Å². The van der Waals surface area contributed by atoms with Crippen molar-refractivity contribution in [2.45, 2.75) is 71.1 Å². The van der Waals surface area contributed by atoms with Gasteiger partial charge in [-0.15, -0.1) is 0 Å². The predicted molar refractivity (Wildman–Crippen MR) is 86.3 cm³/mol. The Morgan fingerprint density at radius 3 is 1.89 bits per heavy atom. The Hall–Kier alpha value is -0.980. The first-order valence-corrected chi connectivity index (χ1v) is 7.93. The highest BCUT2D eigenvalue weighted by atomic mass is 16.5. The molecule has 0 aromatic heterocycles. The van der Waals surface area contributed by atoms with Crippen LogP contribution in [0.5, 0.6) is 0 Å². The molecule has 0 N–H and O–H groups in total. The molecule has 0 saturated carbocycles. The molecule has 1 nitrogen and oxygen atoms in total. The maximum absolute atomic E-state index is 4.80. The van der Waals surface area contributed by atoms with Crippen molar-refractivity contribution in [1.82, 2.24) is 0 Å². The highest BCUT2D eigenvalue weighted by Gasteiger charge is 1.90. The second kappa shape index (κ2) is 17.0. The molecule has 0 heterocycles. The molecule has 0 aliphatic carbocycles. The minimum absolute atomic E-state index is 1.20. The molecular weight excluding hydrogens is 232 g/mol. The molecule has 0 bridgehead atoms. The van der Waals surface area contributed by atoms with Crippen LogP contribution in [0.1, 0.15) is 71.1 Å². The van der Waals surface area contributed by atoms with Crippen molar-refractivity contribution in [2.75, 3.05) is 7.11 Å². The maximum Gasteiger partial charge on any atom is 0.0824 e. The normalized spacial score (nSPS) is 12.1. The molecule has 0 spiro atoms. The van der Waals surface area contributed by atoms with Gasteiger partial charge in [0.05, 0.1) is 13.4 Å². The van der Waals surface area contributed by atoms with E-state index in [-0.39, 0.29) is 0 Å². The van der Waals surface area contributed by atoms with Gasteiger partial charge >= 0.3 is 0 Å². The van der Waals surface area contributed by atoms with Crippen molar-refractivity contribution in [3.8, 4) is 0 Å². The number of hydrogen-bond acceptors (Lipinski definition) is 1. The number of hydrogen-bond donors (Lipinski definition) is 0. The first kappa shape index (κ1) is 18.0. The fraction of sp³-hybridized carbons (Fsp3) is 0.667. The fourth-order valence-corrected chi connectivity index (χ4v) is 2.00. The zero-order chi connectivity index (χ0) is 14.0. The summed E-state index contributed by atoms with van der Waals surface area (Å²) in [7, 11) is 1.66. The predicted octanol–water partition coefficient (Wildman–Crippen LogP) is 6.18. The molecule has 0 fully saturated rings. The van der Waals surface area contributed by atoms with Crippen molar-refractivity contribution in [1.29, 1.82) is 0 Å². The molecule has 0 aliphatic rings. The van der Waals surface area contributed by atoms with E-state index in [9.17, 15) is 0 Å². The average molecular weight is 264 g/mol. The van der Waals surface area contributed by atoms with Gasteiger partial charge in [-0.25, -0.2) is 0 Å². The van der Waals surface area contributed by atoms with Crippen LogP contribution in [0.15, 0.2) is 36.6 Å². The summed E-state index contributed by atoms with van der Waals surface area (Å²) >= 11 is 0. The van der Waals surface area contributed by atoms with Crippen molar-refractivity contribution in [3.05, 3.63) is 36.6 Å². The standard InChI is InChI=1S/C18H32O/c1-3-4-5-6-7-8-9-10-11-12-13-14-15-16-17-18-19-2/h13-18H,3-12H2,1-2H3. The van der Waals surface area contributed by atoms with E-state index in [4.69, 9.17) is 4.74 Å². The lowest BCUT2D eigenvalue weighted by Crippen LogP contribution is -1.80. The van der Waals surface area contributed by atoms with Gasteiger partial charge in [0.2, 0.25) is 0 Å². The van der Waals surface area contributed by atoms with E-state index in [2.05, 4.69) is 19.1 Å². The van der Waals surface area contributed by atoms with Crippen LogP contribution < -0.4 is 0 Å². The number of unbranched alkanes of at least 4 members (excludes halogenated alkanes) is 9. The van der Waals surface area contributed by atoms with E-state index in [0.717, 1.165) is 0 Å². The highest BCUT2D eigenvalue weighted by Crippen LogP contribution is 2.10. The summed E-state index contributed by atoms with van der Waals surface area (Å²) in [5, 5.41) is 0. The van der Waals surface area contributed by atoms with Crippen LogP contribution in [-0.2, 0) is 4.74 Å². The molecule has 0 aromatic carbocycles. The minimum Gasteiger partial charge on any atom is -0.504 e. The molecule has 0 saturated heterocycles. The Morgan fingerprint density at radius 1 is 0.684 bits per heavy atom. The Morgan fingerprint density at radius 2 is 1.26 bits per heavy atom. The van der Waals surface area contributed by atoms with E-state index >= 15 is 0 Å². The topological polar surface area (TPSA) is 9.23 Å². The fourth-order valence-electron chi connectivity index (χ4n) is 2.00. The molecule has 0 amide bonds. The third kappa shape index (κ3) is 17.0. The SMILES string of the molecule is CCCCCCCCCCCC=CC=CC=COC. The van der Waals surface area contributed by atoms with E-state index in [1.807, 2.05) is 18.2 Å². The first-order chi connectivity index (χ1) is 9.41. The van der Waals surface area contributed by atoms with Gasteiger partial charge < -0.3 is 4.74 Å². The van der Waals surface area contributed by atoms with Gasteiger partial charge in [-0.3, -0.25) is 0 Å². The zero-order valence-electron chi connectivity index (χ0n) is 12.9. The van der Waals surface area contributed by atoms with Gasteiger partial charge in [0, 0.05) is 0 Å². The lowest BCUT2D eigenvalue weighted by Gasteiger charge is -2.00. The van der Waals surface area contributed by atoms with Gasteiger partial charge in [-0.1, -0.05) is 82.6 Å². The molecule has 19 heavy (non-hydrogen) atoms. The summed E-state index contributed by atoms with van der Waals surface area (Å²) in [4.78, 5) is 0. The highest BCUT2D eigenvalue weighted by molar-refractivity contribution is 5.09. The van der Waals surface area contributed by atoms with Crippen molar-refractivity contribution >= 4 is 0 Å². The van der Waals surface area contributed by atoms with E-state index < -0.39 is 0 Å². The molecule has 110 valence electrons. The van der Waals surface area contributed by atoms with E-state index in [1.165, 1.54) is 64.2 Å². The summed E-state index contributed by atoms with van der Waals surface area (Å²) in [5.74, 6) is 0. The molecular formula is C18H32O. The summed E-state index contributed by atoms with van der Waals surface area (Å²) in [6, 6.07) is 0. The smallest absolute Gasteiger partial charge is 0.0824 e. The first-order valence-electron chi connectivity index (χ1n) is 7.93. The van der Waals surface area contributed by atoms with Gasteiger partial charge in [-0.05, 0) is 18.9 Å². The van der Waals surface area contributed by atoms with Gasteiger partial charge in [0.25, 0.3) is 0 Å². The van der Waals surface area contributed by atoms with Gasteiger partial charge in [0.1, 0.15) is 0 Å². The summed E-state index contributed by atoms with van der Waals surface area (Å²) in [5.41, 5.74) is 0. The quantitative estimate of drug-likeness (QED) is 0.219. The van der Waals surface area contributed by atoms with E-state index in [1.54, 1.807) is 13.4 Å². The summed E-state index contributed by atoms with van der Waals surface area (Å²) < 4.78 is 4.80. The largest absolute Gasteiger partial charge is 0.504 e. The van der Waals surface area contributed by atoms with Crippen LogP contribution in [0.3, 0.4) is 0 Å². The Balaban J connectivity index is 3.16. The van der Waals surface area contributed by atoms with Crippen molar-refractivity contribution < 1.29 is 4.74 Å². The van der Waals surface area contributed by atoms with Crippen LogP contribution in [0.2, 0.25) is 0 Å². The van der Waals surface area contributed by atoms with Crippen LogP contribution in [0.25, 0.3) is 0 Å². The Kier molecular flexibility index (Phi) is 16.1. The number of ether oxygens (including phenoxy) is 1. The third-order valence-electron chi connectivity index (χ3n) is 3.16. The lowest BCUT2D eigenvalue weighted by molar-refractivity contribution is 0.338. The van der Waals surface area contributed by atoms with Gasteiger partial charge in [-0.2, -0.15) is 0 Å². The van der Waals surface area contributed by atoms with Crippen LogP contribution in [-0.4, -0.2) is 7.11 Å². The van der Waals surface area contributed by atoms with Crippen LogP contribution >= 0.6 is 0 Å². The lowest BCUT2D eigenvalue weighted by atomic mass is 10.1. The van der Waals surface area contributed by atoms with Crippen LogP contribution in [0.4, 0.5) is 0 Å². The van der Waals surface area contributed by atoms with Gasteiger partial charge in [0.15, 0.2) is 0 Å². The molecule has 0 aliphatic heterocycles. The zero-order valence-corrected chi connectivity index (χ0v) is 12.9. The third-order valence-corrected chi connectivity index (χ3v) is 3.16. The van der Waals surface area contributed by atoms with Crippen molar-refractivity contribution in [2.24, 2.45) is 0 Å². The monoisotopic (exact) mass is 264 g/mol. The Labute approximate surface area is 120 Å². The second-order valence-electron chi connectivity index (χ2n) is 4.99. The molecule has 0 unspecified atom stereocenters. The molecule has 0 atom stereocenters. The maximum atomic E-state index is 4.80. The second-order valence-corrected chi connectivity index (χ2v) is 4.99. The Bertz CT molecular complexity index is 238. The average Bonchev–Trinajstić information content (AvgIpc) is 2.43. The minimum atomic E-state index is 1.20. The number of rotatable bonds is 13. The summed E-state index contributed by atoms with van der Waals surface area (Å²) in [6.07, 6.45) is 25.8. The molecule has 1 heteroatoms. The number of methoxy groups -OCH3 is 1. The molecule has 0 radical (unpaired) electrons. The molecule has 0 aromatic rings.